The lowest BCUT2D eigenvalue weighted by Crippen LogP contribution is -2.39. The van der Waals surface area contributed by atoms with Crippen molar-refractivity contribution in [3.8, 4) is 5.75 Å². The number of ether oxygens (including phenoxy) is 1. The molecular weight excluding hydrogens is 335 g/mol. The van der Waals surface area contributed by atoms with Gasteiger partial charge in [0.05, 0.1) is 11.7 Å². The third-order valence-electron chi connectivity index (χ3n) is 4.85. The number of amides is 1. The Labute approximate surface area is 151 Å². The molecular formula is C19H21FN4O2. The summed E-state index contributed by atoms with van der Waals surface area (Å²) in [5, 5.41) is 3.41. The lowest BCUT2D eigenvalue weighted by Gasteiger charge is -2.28. The first kappa shape index (κ1) is 16.9. The van der Waals surface area contributed by atoms with Crippen molar-refractivity contribution in [2.75, 3.05) is 19.7 Å². The molecule has 2 aliphatic heterocycles. The summed E-state index contributed by atoms with van der Waals surface area (Å²) in [4.78, 5) is 23.4. The predicted octanol–water partition coefficient (Wildman–Crippen LogP) is 2.00. The van der Waals surface area contributed by atoms with Gasteiger partial charge in [-0.3, -0.25) is 4.79 Å². The van der Waals surface area contributed by atoms with Crippen LogP contribution in [0.15, 0.2) is 30.5 Å². The number of fused-ring (bicyclic) bond motifs is 1. The summed E-state index contributed by atoms with van der Waals surface area (Å²) < 4.78 is 18.4. The molecule has 1 aromatic carbocycles. The Bertz CT molecular complexity index is 791. The Hall–Kier alpha value is -2.54. The fourth-order valence-electron chi connectivity index (χ4n) is 3.38. The van der Waals surface area contributed by atoms with Crippen LogP contribution in [0.25, 0.3) is 0 Å². The van der Waals surface area contributed by atoms with Crippen LogP contribution in [0.5, 0.6) is 5.75 Å². The highest BCUT2D eigenvalue weighted by Gasteiger charge is 2.25. The van der Waals surface area contributed by atoms with Crippen LogP contribution in [0.2, 0.25) is 0 Å². The number of rotatable bonds is 4. The summed E-state index contributed by atoms with van der Waals surface area (Å²) in [5.74, 6) is 0.917. The molecule has 1 amide bonds. The SMILES string of the molecule is O=C(COc1ccc(F)cc1)N1CCc2nc(C3CCCN3)ncc2C1. The molecule has 2 aromatic rings. The van der Waals surface area contributed by atoms with Crippen LogP contribution in [0, 0.1) is 5.82 Å². The predicted molar refractivity (Wildman–Crippen MR) is 93.0 cm³/mol. The van der Waals surface area contributed by atoms with E-state index in [0.717, 1.165) is 42.9 Å². The third-order valence-corrected chi connectivity index (χ3v) is 4.85. The van der Waals surface area contributed by atoms with Gasteiger partial charge in [-0.15, -0.1) is 0 Å². The van der Waals surface area contributed by atoms with Crippen LogP contribution >= 0.6 is 0 Å². The summed E-state index contributed by atoms with van der Waals surface area (Å²) in [6, 6.07) is 5.90. The molecule has 0 saturated carbocycles. The van der Waals surface area contributed by atoms with Gasteiger partial charge in [0.25, 0.3) is 5.91 Å². The van der Waals surface area contributed by atoms with Crippen molar-refractivity contribution in [1.29, 1.82) is 0 Å². The number of aromatic nitrogens is 2. The minimum atomic E-state index is -0.330. The van der Waals surface area contributed by atoms with Gasteiger partial charge < -0.3 is 15.0 Å². The molecule has 0 aliphatic carbocycles. The third kappa shape index (κ3) is 3.67. The summed E-state index contributed by atoms with van der Waals surface area (Å²) >= 11 is 0. The first-order valence-electron chi connectivity index (χ1n) is 8.93. The van der Waals surface area contributed by atoms with Gasteiger partial charge >= 0.3 is 0 Å². The minimum absolute atomic E-state index is 0.0636. The highest BCUT2D eigenvalue weighted by molar-refractivity contribution is 5.78. The second-order valence-electron chi connectivity index (χ2n) is 6.66. The van der Waals surface area contributed by atoms with E-state index in [1.807, 2.05) is 6.20 Å². The van der Waals surface area contributed by atoms with E-state index < -0.39 is 0 Å². The van der Waals surface area contributed by atoms with E-state index in [1.54, 1.807) is 4.90 Å². The fraction of sp³-hybridized carbons (Fsp3) is 0.421. The first-order chi connectivity index (χ1) is 12.7. The standard InChI is InChI=1S/C19H21FN4O2/c20-14-3-5-15(6-4-14)26-12-18(25)24-9-7-16-13(11-24)10-22-19(23-16)17-2-1-8-21-17/h3-6,10,17,21H,1-2,7-9,11-12H2. The molecule has 2 aliphatic rings. The van der Waals surface area contributed by atoms with E-state index in [-0.39, 0.29) is 24.4 Å². The van der Waals surface area contributed by atoms with Crippen molar-refractivity contribution in [2.45, 2.75) is 31.8 Å². The van der Waals surface area contributed by atoms with E-state index in [4.69, 9.17) is 9.72 Å². The zero-order valence-corrected chi connectivity index (χ0v) is 14.4. The van der Waals surface area contributed by atoms with Crippen LogP contribution in [-0.4, -0.2) is 40.5 Å². The Morgan fingerprint density at radius 2 is 2.19 bits per heavy atom. The van der Waals surface area contributed by atoms with Gasteiger partial charge in [-0.2, -0.15) is 0 Å². The van der Waals surface area contributed by atoms with Crippen LogP contribution in [0.1, 0.15) is 36.0 Å². The molecule has 1 aromatic heterocycles. The molecule has 3 heterocycles. The minimum Gasteiger partial charge on any atom is -0.484 e. The average molecular weight is 356 g/mol. The van der Waals surface area contributed by atoms with Gasteiger partial charge in [-0.1, -0.05) is 0 Å². The second-order valence-corrected chi connectivity index (χ2v) is 6.66. The maximum absolute atomic E-state index is 12.9. The van der Waals surface area contributed by atoms with Gasteiger partial charge in [0, 0.05) is 31.3 Å². The van der Waals surface area contributed by atoms with Crippen molar-refractivity contribution < 1.29 is 13.9 Å². The number of halogens is 1. The number of hydrogen-bond donors (Lipinski definition) is 1. The van der Waals surface area contributed by atoms with Gasteiger partial charge in [0.1, 0.15) is 17.4 Å². The highest BCUT2D eigenvalue weighted by Crippen LogP contribution is 2.23. The quantitative estimate of drug-likeness (QED) is 0.908. The van der Waals surface area contributed by atoms with Gasteiger partial charge in [0.2, 0.25) is 0 Å². The van der Waals surface area contributed by atoms with Crippen molar-refractivity contribution in [1.82, 2.24) is 20.2 Å². The molecule has 1 unspecified atom stereocenters. The number of nitrogens with one attached hydrogen (secondary N) is 1. The monoisotopic (exact) mass is 356 g/mol. The first-order valence-corrected chi connectivity index (χ1v) is 8.93. The van der Waals surface area contributed by atoms with E-state index in [1.165, 1.54) is 24.3 Å². The zero-order chi connectivity index (χ0) is 17.9. The number of carbonyl (C=O) groups excluding carboxylic acids is 1. The molecule has 1 saturated heterocycles. The molecule has 6 nitrogen and oxygen atoms in total. The maximum Gasteiger partial charge on any atom is 0.260 e. The Morgan fingerprint density at radius 1 is 1.35 bits per heavy atom. The van der Waals surface area contributed by atoms with Crippen molar-refractivity contribution >= 4 is 5.91 Å². The fourth-order valence-corrected chi connectivity index (χ4v) is 3.38. The Kier molecular flexibility index (Phi) is 4.79. The lowest BCUT2D eigenvalue weighted by molar-refractivity contribution is -0.134. The number of benzene rings is 1. The highest BCUT2D eigenvalue weighted by atomic mass is 19.1. The van der Waals surface area contributed by atoms with Crippen molar-refractivity contribution in [3.05, 3.63) is 53.4 Å². The molecule has 1 fully saturated rings. The smallest absolute Gasteiger partial charge is 0.260 e. The van der Waals surface area contributed by atoms with Gasteiger partial charge in [-0.25, -0.2) is 14.4 Å². The molecule has 4 rings (SSSR count). The van der Waals surface area contributed by atoms with Crippen LogP contribution in [0.4, 0.5) is 4.39 Å². The number of nitrogens with zero attached hydrogens (tertiary/aromatic N) is 3. The van der Waals surface area contributed by atoms with Crippen LogP contribution < -0.4 is 10.1 Å². The molecule has 0 radical (unpaired) electrons. The molecule has 136 valence electrons. The molecule has 1 N–H and O–H groups in total. The van der Waals surface area contributed by atoms with Gasteiger partial charge in [0.15, 0.2) is 6.61 Å². The normalized spacial score (nSPS) is 19.3. The number of hydrogen-bond acceptors (Lipinski definition) is 5. The summed E-state index contributed by atoms with van der Waals surface area (Å²) in [6.45, 7) is 2.07. The molecule has 7 heteroatoms. The zero-order valence-electron chi connectivity index (χ0n) is 14.4. The topological polar surface area (TPSA) is 67.3 Å². The summed E-state index contributed by atoms with van der Waals surface area (Å²) in [7, 11) is 0. The van der Waals surface area contributed by atoms with Crippen molar-refractivity contribution in [2.24, 2.45) is 0 Å². The average Bonchev–Trinajstić information content (AvgIpc) is 3.21. The lowest BCUT2D eigenvalue weighted by atomic mass is 10.1. The largest absolute Gasteiger partial charge is 0.484 e. The van der Waals surface area contributed by atoms with Crippen LogP contribution in [-0.2, 0) is 17.8 Å². The Morgan fingerprint density at radius 3 is 2.96 bits per heavy atom. The maximum atomic E-state index is 12.9. The van der Waals surface area contributed by atoms with Crippen LogP contribution in [0.3, 0.4) is 0 Å². The van der Waals surface area contributed by atoms with E-state index >= 15 is 0 Å². The molecule has 0 spiro atoms. The Balaban J connectivity index is 1.36. The van der Waals surface area contributed by atoms with E-state index in [2.05, 4.69) is 10.3 Å². The molecule has 0 bridgehead atoms. The molecule has 26 heavy (non-hydrogen) atoms. The summed E-state index contributed by atoms with van der Waals surface area (Å²) in [5.41, 5.74) is 2.03. The van der Waals surface area contributed by atoms with Crippen molar-refractivity contribution in [3.63, 3.8) is 0 Å². The van der Waals surface area contributed by atoms with E-state index in [9.17, 15) is 9.18 Å². The number of carbonyl (C=O) groups is 1. The van der Waals surface area contributed by atoms with E-state index in [0.29, 0.717) is 18.8 Å². The van der Waals surface area contributed by atoms with Gasteiger partial charge in [-0.05, 0) is 43.7 Å². The second kappa shape index (κ2) is 7.37. The molecule has 1 atom stereocenters. The summed E-state index contributed by atoms with van der Waals surface area (Å²) in [6.07, 6.45) is 4.80.